The molecule has 0 radical (unpaired) electrons. The Morgan fingerprint density at radius 1 is 1.41 bits per heavy atom. The average molecular weight is 288 g/mol. The Kier molecular flexibility index (Phi) is 3.99. The maximum absolute atomic E-state index is 6.11. The molecule has 1 N–H and O–H groups in total. The van der Waals surface area contributed by atoms with E-state index in [0.29, 0.717) is 15.7 Å². The standard InChI is InChI=1S/C11H11Cl2N3S/c1-6-9(5-14-2)17-11(16-6)10-8(13)3-7(12)4-15-10/h3-4,14H,5H2,1-2H3. The normalized spacial score (nSPS) is 10.8. The molecular formula is C11H11Cl2N3S. The van der Waals surface area contributed by atoms with E-state index in [4.69, 9.17) is 23.2 Å². The van der Waals surface area contributed by atoms with Gasteiger partial charge in [0.25, 0.3) is 0 Å². The summed E-state index contributed by atoms with van der Waals surface area (Å²) in [6.45, 7) is 2.78. The lowest BCUT2D eigenvalue weighted by Gasteiger charge is -1.99. The number of hydrogen-bond acceptors (Lipinski definition) is 4. The fourth-order valence-electron chi connectivity index (χ4n) is 1.43. The smallest absolute Gasteiger partial charge is 0.143 e. The molecule has 0 unspecified atom stereocenters. The molecule has 0 saturated heterocycles. The van der Waals surface area contributed by atoms with E-state index >= 15 is 0 Å². The highest BCUT2D eigenvalue weighted by Crippen LogP contribution is 2.32. The first-order valence-electron chi connectivity index (χ1n) is 5.04. The van der Waals surface area contributed by atoms with Gasteiger partial charge in [-0.1, -0.05) is 23.2 Å². The molecule has 2 aromatic rings. The van der Waals surface area contributed by atoms with Crippen LogP contribution in [-0.2, 0) is 6.54 Å². The third-order valence-corrected chi connectivity index (χ3v) is 3.90. The van der Waals surface area contributed by atoms with Crippen LogP contribution in [-0.4, -0.2) is 17.0 Å². The number of pyridine rings is 1. The largest absolute Gasteiger partial charge is 0.315 e. The topological polar surface area (TPSA) is 37.8 Å². The summed E-state index contributed by atoms with van der Waals surface area (Å²) < 4.78 is 0. The van der Waals surface area contributed by atoms with Crippen LogP contribution in [0.2, 0.25) is 10.0 Å². The van der Waals surface area contributed by atoms with Crippen molar-refractivity contribution in [2.45, 2.75) is 13.5 Å². The molecule has 0 aliphatic rings. The Morgan fingerprint density at radius 3 is 2.82 bits per heavy atom. The molecule has 2 rings (SSSR count). The van der Waals surface area contributed by atoms with Gasteiger partial charge >= 0.3 is 0 Å². The van der Waals surface area contributed by atoms with Crippen molar-refractivity contribution in [1.82, 2.24) is 15.3 Å². The van der Waals surface area contributed by atoms with Gasteiger partial charge in [0.1, 0.15) is 10.7 Å². The quantitative estimate of drug-likeness (QED) is 0.938. The summed E-state index contributed by atoms with van der Waals surface area (Å²) in [6.07, 6.45) is 1.58. The molecule has 17 heavy (non-hydrogen) atoms. The fraction of sp³-hybridized carbons (Fsp3) is 0.273. The Bertz CT molecular complexity index is 540. The third kappa shape index (κ3) is 2.77. The predicted octanol–water partition coefficient (Wildman–Crippen LogP) is 3.54. The molecule has 0 amide bonds. The zero-order valence-corrected chi connectivity index (χ0v) is 11.7. The van der Waals surface area contributed by atoms with Crippen molar-refractivity contribution in [2.24, 2.45) is 0 Å². The van der Waals surface area contributed by atoms with Gasteiger partial charge in [-0.3, -0.25) is 4.98 Å². The molecule has 2 aromatic heterocycles. The van der Waals surface area contributed by atoms with Gasteiger partial charge in [-0.2, -0.15) is 0 Å². The second kappa shape index (κ2) is 5.31. The number of thiazole rings is 1. The summed E-state index contributed by atoms with van der Waals surface area (Å²) in [4.78, 5) is 9.89. The lowest BCUT2D eigenvalue weighted by atomic mass is 10.3. The van der Waals surface area contributed by atoms with Gasteiger partial charge in [0, 0.05) is 17.6 Å². The van der Waals surface area contributed by atoms with Crippen molar-refractivity contribution in [3.8, 4) is 10.7 Å². The van der Waals surface area contributed by atoms with E-state index in [0.717, 1.165) is 17.2 Å². The maximum Gasteiger partial charge on any atom is 0.143 e. The van der Waals surface area contributed by atoms with E-state index in [9.17, 15) is 0 Å². The van der Waals surface area contributed by atoms with E-state index in [2.05, 4.69) is 15.3 Å². The van der Waals surface area contributed by atoms with Crippen LogP contribution in [0.25, 0.3) is 10.7 Å². The Hall–Kier alpha value is -0.680. The van der Waals surface area contributed by atoms with Crippen molar-refractivity contribution >= 4 is 34.5 Å². The van der Waals surface area contributed by atoms with Gasteiger partial charge in [0.05, 0.1) is 15.7 Å². The van der Waals surface area contributed by atoms with Gasteiger partial charge in [-0.15, -0.1) is 11.3 Å². The molecule has 90 valence electrons. The zero-order valence-electron chi connectivity index (χ0n) is 9.42. The number of halogens is 2. The number of aryl methyl sites for hydroxylation is 1. The van der Waals surface area contributed by atoms with Crippen molar-refractivity contribution in [3.63, 3.8) is 0 Å². The fourth-order valence-corrected chi connectivity index (χ4v) is 3.04. The average Bonchev–Trinajstić information content (AvgIpc) is 2.60. The maximum atomic E-state index is 6.11. The van der Waals surface area contributed by atoms with Gasteiger partial charge < -0.3 is 5.32 Å². The minimum Gasteiger partial charge on any atom is -0.315 e. The lowest BCUT2D eigenvalue weighted by molar-refractivity contribution is 0.823. The molecular weight excluding hydrogens is 277 g/mol. The van der Waals surface area contributed by atoms with Crippen molar-refractivity contribution < 1.29 is 0 Å². The van der Waals surface area contributed by atoms with Crippen LogP contribution in [0, 0.1) is 6.92 Å². The van der Waals surface area contributed by atoms with E-state index in [-0.39, 0.29) is 0 Å². The highest BCUT2D eigenvalue weighted by Gasteiger charge is 2.13. The molecule has 0 aromatic carbocycles. The first-order valence-corrected chi connectivity index (χ1v) is 6.61. The number of aromatic nitrogens is 2. The van der Waals surface area contributed by atoms with Gasteiger partial charge in [0.15, 0.2) is 0 Å². The predicted molar refractivity (Wildman–Crippen MR) is 72.9 cm³/mol. The molecule has 0 spiro atoms. The Balaban J connectivity index is 2.42. The summed E-state index contributed by atoms with van der Waals surface area (Å²) in [5, 5.41) is 5.00. The van der Waals surface area contributed by atoms with Gasteiger partial charge in [-0.05, 0) is 20.0 Å². The number of rotatable bonds is 3. The molecule has 2 heterocycles. The number of nitrogens with one attached hydrogen (secondary N) is 1. The second-order valence-electron chi connectivity index (χ2n) is 3.54. The van der Waals surface area contributed by atoms with Crippen LogP contribution >= 0.6 is 34.5 Å². The SMILES string of the molecule is CNCc1sc(-c2ncc(Cl)cc2Cl)nc1C. The molecule has 0 fully saturated rings. The first-order chi connectivity index (χ1) is 8.11. The van der Waals surface area contributed by atoms with E-state index in [1.807, 2.05) is 14.0 Å². The van der Waals surface area contributed by atoms with Crippen LogP contribution in [0.3, 0.4) is 0 Å². The van der Waals surface area contributed by atoms with E-state index in [1.54, 1.807) is 23.6 Å². The molecule has 0 saturated carbocycles. The Labute approximate surface area is 114 Å². The van der Waals surface area contributed by atoms with Crippen LogP contribution in [0.15, 0.2) is 12.3 Å². The van der Waals surface area contributed by atoms with Crippen molar-refractivity contribution in [3.05, 3.63) is 32.9 Å². The molecule has 0 bridgehead atoms. The van der Waals surface area contributed by atoms with Crippen LogP contribution in [0.1, 0.15) is 10.6 Å². The summed E-state index contributed by atoms with van der Waals surface area (Å²) in [5.41, 5.74) is 1.69. The molecule has 0 aliphatic carbocycles. The first kappa shape index (κ1) is 12.8. The zero-order chi connectivity index (χ0) is 12.4. The molecule has 6 heteroatoms. The minimum absolute atomic E-state index is 0.530. The van der Waals surface area contributed by atoms with E-state index in [1.165, 1.54) is 4.88 Å². The highest BCUT2D eigenvalue weighted by atomic mass is 35.5. The van der Waals surface area contributed by atoms with E-state index < -0.39 is 0 Å². The molecule has 0 atom stereocenters. The van der Waals surface area contributed by atoms with Crippen LogP contribution in [0.4, 0.5) is 0 Å². The number of hydrogen-bond donors (Lipinski definition) is 1. The summed E-state index contributed by atoms with van der Waals surface area (Å²) in [6, 6.07) is 1.68. The second-order valence-corrected chi connectivity index (χ2v) is 5.47. The van der Waals surface area contributed by atoms with Crippen molar-refractivity contribution in [1.29, 1.82) is 0 Å². The summed E-state index contributed by atoms with van der Waals surface area (Å²) in [5.74, 6) is 0. The monoisotopic (exact) mass is 287 g/mol. The number of nitrogens with zero attached hydrogens (tertiary/aromatic N) is 2. The highest BCUT2D eigenvalue weighted by molar-refractivity contribution is 7.15. The van der Waals surface area contributed by atoms with Crippen LogP contribution in [0.5, 0.6) is 0 Å². The summed E-state index contributed by atoms with van der Waals surface area (Å²) >= 11 is 13.5. The van der Waals surface area contributed by atoms with Crippen LogP contribution < -0.4 is 5.32 Å². The van der Waals surface area contributed by atoms with Gasteiger partial charge in [-0.25, -0.2) is 4.98 Å². The lowest BCUT2D eigenvalue weighted by Crippen LogP contribution is -2.04. The minimum atomic E-state index is 0.530. The van der Waals surface area contributed by atoms with Crippen molar-refractivity contribution in [2.75, 3.05) is 7.05 Å². The van der Waals surface area contributed by atoms with Gasteiger partial charge in [0.2, 0.25) is 0 Å². The summed E-state index contributed by atoms with van der Waals surface area (Å²) in [7, 11) is 1.91. The Morgan fingerprint density at radius 2 is 2.18 bits per heavy atom. The molecule has 3 nitrogen and oxygen atoms in total. The third-order valence-electron chi connectivity index (χ3n) is 2.24. The molecule has 0 aliphatic heterocycles.